The number of hydrogen-bond acceptors (Lipinski definition) is 1. The Bertz CT molecular complexity index is 169. The summed E-state index contributed by atoms with van der Waals surface area (Å²) in [5.74, 6) is 0.291. The number of halogens is 1. The average Bonchev–Trinajstić information content (AvgIpc) is 1.64. The molecule has 0 aromatic heterocycles. The Morgan fingerprint density at radius 3 is 2.75 bits per heavy atom. The first-order valence-electron chi connectivity index (χ1n) is 2.12. The van der Waals surface area contributed by atoms with E-state index in [1.54, 1.807) is 18.4 Å². The van der Waals surface area contributed by atoms with Crippen LogP contribution >= 0.6 is 15.9 Å². The highest BCUT2D eigenvalue weighted by Gasteiger charge is 1.95. The molecule has 1 aliphatic rings. The lowest BCUT2D eigenvalue weighted by Gasteiger charge is -1.98. The van der Waals surface area contributed by atoms with Gasteiger partial charge in [0.15, 0.2) is 0 Å². The second-order valence-electron chi connectivity index (χ2n) is 1.36. The minimum absolute atomic E-state index is 0.291. The van der Waals surface area contributed by atoms with Crippen molar-refractivity contribution in [1.29, 1.82) is 5.41 Å². The zero-order chi connectivity index (χ0) is 5.98. The van der Waals surface area contributed by atoms with Crippen LogP contribution in [0.3, 0.4) is 0 Å². The van der Waals surface area contributed by atoms with Crippen LogP contribution in [0.2, 0.25) is 0 Å². The predicted octanol–water partition coefficient (Wildman–Crippen LogP) is 1.37. The molecule has 0 aromatic rings. The first kappa shape index (κ1) is 5.56. The average molecular weight is 172 g/mol. The second-order valence-corrected chi connectivity index (χ2v) is 2.27. The van der Waals surface area contributed by atoms with Crippen LogP contribution in [0.4, 0.5) is 0 Å². The van der Waals surface area contributed by atoms with Crippen molar-refractivity contribution in [2.75, 3.05) is 0 Å². The van der Waals surface area contributed by atoms with Gasteiger partial charge in [0.05, 0.1) is 0 Å². The standard InChI is InChI=1S/C5H4BrN2/c6-4-1-2-8-5(7)3-4/h1-3,7H. The van der Waals surface area contributed by atoms with Gasteiger partial charge >= 0.3 is 0 Å². The molecule has 0 spiro atoms. The molecule has 2 nitrogen and oxygen atoms in total. The van der Waals surface area contributed by atoms with E-state index in [-0.39, 0.29) is 0 Å². The molecule has 1 heterocycles. The normalized spacial score (nSPS) is 17.6. The summed E-state index contributed by atoms with van der Waals surface area (Å²) < 4.78 is 0.900. The molecule has 1 aliphatic heterocycles. The Balaban J connectivity index is 2.77. The molecule has 0 atom stereocenters. The van der Waals surface area contributed by atoms with Crippen molar-refractivity contribution in [3.63, 3.8) is 0 Å². The van der Waals surface area contributed by atoms with E-state index in [0.29, 0.717) is 5.84 Å². The third-order valence-corrected chi connectivity index (χ3v) is 1.22. The summed E-state index contributed by atoms with van der Waals surface area (Å²) in [5.41, 5.74) is 0. The topological polar surface area (TPSA) is 38.0 Å². The molecular weight excluding hydrogens is 168 g/mol. The molecule has 0 aliphatic carbocycles. The van der Waals surface area contributed by atoms with Gasteiger partial charge in [0.2, 0.25) is 0 Å². The molecule has 41 valence electrons. The first-order chi connectivity index (χ1) is 3.79. The smallest absolute Gasteiger partial charge is 0.145 e. The number of amidine groups is 1. The van der Waals surface area contributed by atoms with Crippen molar-refractivity contribution >= 4 is 21.8 Å². The first-order valence-corrected chi connectivity index (χ1v) is 2.91. The van der Waals surface area contributed by atoms with Crippen LogP contribution < -0.4 is 5.32 Å². The fraction of sp³-hybridized carbons (Fsp3) is 0. The zero-order valence-corrected chi connectivity index (χ0v) is 5.64. The van der Waals surface area contributed by atoms with Crippen molar-refractivity contribution in [2.45, 2.75) is 0 Å². The van der Waals surface area contributed by atoms with Crippen LogP contribution in [0, 0.1) is 5.41 Å². The summed E-state index contributed by atoms with van der Waals surface area (Å²) in [5, 5.41) is 10.7. The Hall–Kier alpha value is -0.570. The third kappa shape index (κ3) is 1.20. The minimum atomic E-state index is 0.291. The lowest BCUT2D eigenvalue weighted by Crippen LogP contribution is -2.07. The number of hydrogen-bond donors (Lipinski definition) is 1. The van der Waals surface area contributed by atoms with Crippen LogP contribution in [-0.2, 0) is 0 Å². The molecule has 0 saturated heterocycles. The van der Waals surface area contributed by atoms with Gasteiger partial charge < -0.3 is 0 Å². The van der Waals surface area contributed by atoms with Gasteiger partial charge in [-0.15, -0.1) is 0 Å². The summed E-state index contributed by atoms with van der Waals surface area (Å²) in [6.45, 7) is 0. The van der Waals surface area contributed by atoms with E-state index in [0.717, 1.165) is 4.48 Å². The molecule has 0 unspecified atom stereocenters. The fourth-order valence-electron chi connectivity index (χ4n) is 0.405. The maximum absolute atomic E-state index is 6.99. The minimum Gasteiger partial charge on any atom is -0.283 e. The molecule has 0 saturated carbocycles. The van der Waals surface area contributed by atoms with Crippen molar-refractivity contribution in [1.82, 2.24) is 5.32 Å². The largest absolute Gasteiger partial charge is 0.283 e. The van der Waals surface area contributed by atoms with Gasteiger partial charge in [-0.1, -0.05) is 15.9 Å². The Kier molecular flexibility index (Phi) is 1.48. The summed E-state index contributed by atoms with van der Waals surface area (Å²) in [4.78, 5) is 0. The lowest BCUT2D eigenvalue weighted by molar-refractivity contribution is 1.20. The molecule has 8 heavy (non-hydrogen) atoms. The van der Waals surface area contributed by atoms with Gasteiger partial charge in [0.1, 0.15) is 5.84 Å². The van der Waals surface area contributed by atoms with Gasteiger partial charge in [-0.3, -0.25) is 5.41 Å². The molecule has 0 fully saturated rings. The predicted molar refractivity (Wildman–Crippen MR) is 36.0 cm³/mol. The Morgan fingerprint density at radius 1 is 1.62 bits per heavy atom. The van der Waals surface area contributed by atoms with Crippen molar-refractivity contribution in [2.24, 2.45) is 0 Å². The molecular formula is C5H4BrN2. The summed E-state index contributed by atoms with van der Waals surface area (Å²) in [6.07, 6.45) is 5.02. The zero-order valence-electron chi connectivity index (χ0n) is 4.06. The maximum atomic E-state index is 6.99. The summed E-state index contributed by atoms with van der Waals surface area (Å²) in [6, 6.07) is 0. The van der Waals surface area contributed by atoms with Crippen LogP contribution in [-0.4, -0.2) is 5.84 Å². The molecule has 0 aromatic carbocycles. The van der Waals surface area contributed by atoms with E-state index < -0.39 is 0 Å². The van der Waals surface area contributed by atoms with E-state index in [1.807, 2.05) is 0 Å². The molecule has 1 N–H and O–H groups in total. The van der Waals surface area contributed by atoms with E-state index in [4.69, 9.17) is 5.41 Å². The van der Waals surface area contributed by atoms with Gasteiger partial charge in [-0.2, -0.15) is 0 Å². The van der Waals surface area contributed by atoms with Gasteiger partial charge in [0, 0.05) is 10.7 Å². The monoisotopic (exact) mass is 171 g/mol. The Morgan fingerprint density at radius 2 is 2.38 bits per heavy atom. The highest BCUT2D eigenvalue weighted by atomic mass is 79.9. The van der Waals surface area contributed by atoms with Gasteiger partial charge in [-0.05, 0) is 12.2 Å². The number of allylic oxidation sites excluding steroid dienone is 2. The molecule has 3 heteroatoms. The fourth-order valence-corrected chi connectivity index (χ4v) is 0.740. The van der Waals surface area contributed by atoms with Gasteiger partial charge in [0.25, 0.3) is 0 Å². The van der Waals surface area contributed by atoms with Crippen molar-refractivity contribution < 1.29 is 0 Å². The van der Waals surface area contributed by atoms with E-state index in [2.05, 4.69) is 21.2 Å². The molecule has 1 rings (SSSR count). The van der Waals surface area contributed by atoms with Crippen LogP contribution in [0.25, 0.3) is 0 Å². The maximum Gasteiger partial charge on any atom is 0.145 e. The summed E-state index contributed by atoms with van der Waals surface area (Å²) >= 11 is 3.20. The number of nitrogens with zero attached hydrogens (tertiary/aromatic N) is 1. The third-order valence-electron chi connectivity index (χ3n) is 0.722. The molecule has 0 amide bonds. The van der Waals surface area contributed by atoms with Crippen molar-refractivity contribution in [3.05, 3.63) is 22.8 Å². The highest BCUT2D eigenvalue weighted by Crippen LogP contribution is 2.08. The SMILES string of the molecule is N=C1C=C(Br)C=C[N]1. The van der Waals surface area contributed by atoms with Gasteiger partial charge in [-0.25, -0.2) is 5.32 Å². The quantitative estimate of drug-likeness (QED) is 0.573. The van der Waals surface area contributed by atoms with E-state index in [1.165, 1.54) is 0 Å². The van der Waals surface area contributed by atoms with Crippen LogP contribution in [0.15, 0.2) is 22.8 Å². The van der Waals surface area contributed by atoms with Crippen LogP contribution in [0.5, 0.6) is 0 Å². The number of nitrogens with one attached hydrogen (secondary N) is 1. The van der Waals surface area contributed by atoms with Crippen LogP contribution in [0.1, 0.15) is 0 Å². The second kappa shape index (κ2) is 2.13. The lowest BCUT2D eigenvalue weighted by atomic mass is 10.4. The Labute approximate surface area is 55.9 Å². The molecule has 1 radical (unpaired) electrons. The van der Waals surface area contributed by atoms with Crippen molar-refractivity contribution in [3.8, 4) is 0 Å². The number of rotatable bonds is 0. The van der Waals surface area contributed by atoms with E-state index in [9.17, 15) is 0 Å². The molecule has 0 bridgehead atoms. The highest BCUT2D eigenvalue weighted by molar-refractivity contribution is 9.11. The summed E-state index contributed by atoms with van der Waals surface area (Å²) in [7, 11) is 0. The van der Waals surface area contributed by atoms with E-state index >= 15 is 0 Å².